The standard InChI is InChI=1S/C28H33F3N8O4S/c1-26(2)17-37-13-3-12-32-21-6-4-19(16-33-21)44(41,42)36-25(40)20-5-7-22(34-24(20)38(26)18-37)39-14-8-23(35-39)43-15-11-27(9-10-27)28(29,30)31/h4-8,14,16H,3,9-13,15,17-18H2,1-2H3,(H,32,33)(H,36,40). The van der Waals surface area contributed by atoms with Gasteiger partial charge in [0.15, 0.2) is 5.82 Å². The Balaban J connectivity index is 1.30. The minimum atomic E-state index is -4.25. The second kappa shape index (κ2) is 10.9. The number of rotatable bonds is 5. The fourth-order valence-electron chi connectivity index (χ4n) is 5.61. The van der Waals surface area contributed by atoms with E-state index in [4.69, 9.17) is 9.72 Å². The van der Waals surface area contributed by atoms with Gasteiger partial charge in [-0.25, -0.2) is 27.8 Å². The lowest BCUT2D eigenvalue weighted by Gasteiger charge is -2.32. The van der Waals surface area contributed by atoms with Crippen LogP contribution in [-0.2, 0) is 10.0 Å². The van der Waals surface area contributed by atoms with Crippen LogP contribution in [0, 0.1) is 5.41 Å². The molecule has 0 radical (unpaired) electrons. The highest BCUT2D eigenvalue weighted by atomic mass is 32.2. The molecule has 1 amide bonds. The zero-order chi connectivity index (χ0) is 31.3. The number of halogens is 3. The van der Waals surface area contributed by atoms with Gasteiger partial charge in [0, 0.05) is 38.1 Å². The molecule has 16 heteroatoms. The molecule has 1 unspecified atom stereocenters. The Morgan fingerprint density at radius 1 is 1.11 bits per heavy atom. The number of aromatic nitrogens is 4. The molecule has 1 saturated heterocycles. The molecule has 236 valence electrons. The number of carbonyl (C=O) groups is 1. The molecule has 4 bridgehead atoms. The van der Waals surface area contributed by atoms with Gasteiger partial charge in [0.1, 0.15) is 16.5 Å². The summed E-state index contributed by atoms with van der Waals surface area (Å²) in [6.07, 6.45) is -0.639. The average Bonchev–Trinajstić information content (AvgIpc) is 3.51. The van der Waals surface area contributed by atoms with E-state index in [9.17, 15) is 26.4 Å². The quantitative estimate of drug-likeness (QED) is 0.429. The van der Waals surface area contributed by atoms with Crippen LogP contribution in [0.3, 0.4) is 0 Å². The van der Waals surface area contributed by atoms with Crippen LogP contribution in [0.1, 0.15) is 49.9 Å². The Morgan fingerprint density at radius 2 is 1.91 bits per heavy atom. The molecule has 0 aromatic carbocycles. The number of nitrogens with zero attached hydrogens (tertiary/aromatic N) is 6. The van der Waals surface area contributed by atoms with Gasteiger partial charge in [0.2, 0.25) is 5.88 Å². The van der Waals surface area contributed by atoms with Crippen LogP contribution >= 0.6 is 0 Å². The molecule has 4 aliphatic rings. The lowest BCUT2D eigenvalue weighted by molar-refractivity contribution is -0.190. The first kappa shape index (κ1) is 30.1. The van der Waals surface area contributed by atoms with Gasteiger partial charge in [-0.05, 0) is 63.8 Å². The minimum absolute atomic E-state index is 0.0519. The van der Waals surface area contributed by atoms with Crippen molar-refractivity contribution in [3.8, 4) is 11.7 Å². The zero-order valence-corrected chi connectivity index (χ0v) is 25.1. The summed E-state index contributed by atoms with van der Waals surface area (Å²) in [4.78, 5) is 26.5. The van der Waals surface area contributed by atoms with Gasteiger partial charge in [-0.15, -0.1) is 5.10 Å². The molecule has 1 saturated carbocycles. The van der Waals surface area contributed by atoms with E-state index in [1.54, 1.807) is 12.3 Å². The monoisotopic (exact) mass is 634 g/mol. The third kappa shape index (κ3) is 5.92. The van der Waals surface area contributed by atoms with Crippen LogP contribution < -0.4 is 19.7 Å². The first-order chi connectivity index (χ1) is 20.8. The number of fused-ring (bicyclic) bond motifs is 7. The van der Waals surface area contributed by atoms with E-state index >= 15 is 0 Å². The van der Waals surface area contributed by atoms with Crippen LogP contribution in [0.15, 0.2) is 47.6 Å². The molecule has 12 nitrogen and oxygen atoms in total. The zero-order valence-electron chi connectivity index (χ0n) is 24.3. The molecular weight excluding hydrogens is 601 g/mol. The van der Waals surface area contributed by atoms with Crippen LogP contribution in [0.5, 0.6) is 5.88 Å². The maximum atomic E-state index is 13.5. The van der Waals surface area contributed by atoms with E-state index in [-0.39, 0.29) is 48.0 Å². The maximum absolute atomic E-state index is 13.5. The normalized spacial score (nSPS) is 22.2. The highest BCUT2D eigenvalue weighted by Crippen LogP contribution is 2.59. The largest absolute Gasteiger partial charge is 0.477 e. The highest BCUT2D eigenvalue weighted by Gasteiger charge is 2.62. The predicted octanol–water partition coefficient (Wildman–Crippen LogP) is 3.57. The second-order valence-electron chi connectivity index (χ2n) is 12.0. The van der Waals surface area contributed by atoms with Crippen LogP contribution in [0.4, 0.5) is 24.8 Å². The molecule has 44 heavy (non-hydrogen) atoms. The van der Waals surface area contributed by atoms with E-state index in [0.717, 1.165) is 13.0 Å². The van der Waals surface area contributed by atoms with E-state index in [1.165, 1.54) is 35.1 Å². The van der Waals surface area contributed by atoms with Crippen molar-refractivity contribution >= 4 is 27.6 Å². The molecule has 0 spiro atoms. The molecule has 3 aromatic heterocycles. The molecule has 1 aliphatic carbocycles. The van der Waals surface area contributed by atoms with Crippen molar-refractivity contribution in [3.05, 3.63) is 48.3 Å². The van der Waals surface area contributed by atoms with Gasteiger partial charge in [-0.1, -0.05) is 0 Å². The fourth-order valence-corrected chi connectivity index (χ4v) is 6.52. The minimum Gasteiger partial charge on any atom is -0.477 e. The van der Waals surface area contributed by atoms with Crippen molar-refractivity contribution in [2.45, 2.75) is 56.1 Å². The Labute approximate surface area is 252 Å². The van der Waals surface area contributed by atoms with Crippen molar-refractivity contribution in [2.75, 3.05) is 43.1 Å². The smallest absolute Gasteiger partial charge is 0.394 e. The van der Waals surface area contributed by atoms with Crippen LogP contribution in [0.25, 0.3) is 5.82 Å². The highest BCUT2D eigenvalue weighted by molar-refractivity contribution is 7.90. The lowest BCUT2D eigenvalue weighted by Crippen LogP contribution is -2.42. The van der Waals surface area contributed by atoms with E-state index in [2.05, 4.69) is 25.0 Å². The summed E-state index contributed by atoms with van der Waals surface area (Å²) in [5, 5.41) is 7.52. The summed E-state index contributed by atoms with van der Waals surface area (Å²) >= 11 is 0. The molecule has 3 aromatic rings. The van der Waals surface area contributed by atoms with Gasteiger partial charge in [-0.2, -0.15) is 13.2 Å². The predicted molar refractivity (Wildman–Crippen MR) is 154 cm³/mol. The summed E-state index contributed by atoms with van der Waals surface area (Å²) < 4.78 is 75.0. The van der Waals surface area contributed by atoms with Gasteiger partial charge in [-0.3, -0.25) is 9.69 Å². The third-order valence-electron chi connectivity index (χ3n) is 8.36. The molecule has 6 heterocycles. The maximum Gasteiger partial charge on any atom is 0.394 e. The summed E-state index contributed by atoms with van der Waals surface area (Å²) in [5.74, 6) is 0.400. The molecular formula is C28H33F3N8O4S. The fraction of sp³-hybridized carbons (Fsp3) is 0.500. The number of amides is 1. The molecule has 1 atom stereocenters. The third-order valence-corrected chi connectivity index (χ3v) is 9.68. The topological polar surface area (TPSA) is 135 Å². The average molecular weight is 635 g/mol. The van der Waals surface area contributed by atoms with Crippen LogP contribution in [0.2, 0.25) is 0 Å². The summed E-state index contributed by atoms with van der Waals surface area (Å²) in [5.41, 5.74) is -2.08. The number of nitrogens with one attached hydrogen (secondary N) is 2. The second-order valence-corrected chi connectivity index (χ2v) is 13.7. The van der Waals surface area contributed by atoms with Gasteiger partial charge in [0.05, 0.1) is 29.8 Å². The number of alkyl halides is 3. The number of hydrogen-bond donors (Lipinski definition) is 2. The first-order valence-electron chi connectivity index (χ1n) is 14.3. The Kier molecular flexibility index (Phi) is 7.47. The number of hydrogen-bond acceptors (Lipinski definition) is 10. The number of sulfonamides is 1. The van der Waals surface area contributed by atoms with Crippen molar-refractivity contribution in [3.63, 3.8) is 0 Å². The lowest BCUT2D eigenvalue weighted by atomic mass is 10.0. The SMILES string of the molecule is CC1(C)CN2CCCNc3ccc(cn3)S(=O)(=O)NC(=O)c3ccc(-n4ccc(OCCC5(C(F)(F)F)CC5)n4)nc3N1C2. The summed E-state index contributed by atoms with van der Waals surface area (Å²) in [6, 6.07) is 7.46. The number of anilines is 2. The van der Waals surface area contributed by atoms with Crippen LogP contribution in [-0.4, -0.2) is 83.6 Å². The van der Waals surface area contributed by atoms with Crippen molar-refractivity contribution in [1.29, 1.82) is 0 Å². The molecule has 2 fully saturated rings. The summed E-state index contributed by atoms with van der Waals surface area (Å²) in [7, 11) is -4.24. The Hall–Kier alpha value is -3.92. The first-order valence-corrected chi connectivity index (χ1v) is 15.8. The van der Waals surface area contributed by atoms with E-state index in [0.29, 0.717) is 31.4 Å². The molecule has 7 rings (SSSR count). The van der Waals surface area contributed by atoms with E-state index < -0.39 is 33.1 Å². The van der Waals surface area contributed by atoms with Gasteiger partial charge >= 0.3 is 6.18 Å². The molecule has 2 N–H and O–H groups in total. The van der Waals surface area contributed by atoms with Gasteiger partial charge in [0.25, 0.3) is 15.9 Å². The Bertz CT molecular complexity index is 1660. The van der Waals surface area contributed by atoms with Crippen molar-refractivity contribution < 1.29 is 31.1 Å². The van der Waals surface area contributed by atoms with E-state index in [1.807, 2.05) is 18.7 Å². The molecule has 3 aliphatic heterocycles. The number of pyridine rings is 2. The summed E-state index contributed by atoms with van der Waals surface area (Å²) in [6.45, 7) is 6.41. The van der Waals surface area contributed by atoms with Crippen molar-refractivity contribution in [2.24, 2.45) is 5.41 Å². The van der Waals surface area contributed by atoms with Crippen molar-refractivity contribution in [1.82, 2.24) is 29.4 Å². The number of carbonyl (C=O) groups excluding carboxylic acids is 1. The van der Waals surface area contributed by atoms with Gasteiger partial charge < -0.3 is 15.0 Å². The number of ether oxygens (including phenoxy) is 1. The Morgan fingerprint density at radius 3 is 2.61 bits per heavy atom.